The Kier molecular flexibility index (Phi) is 5.52. The molecule has 0 N–H and O–H groups in total. The number of hydrogen-bond donors (Lipinski definition) is 0. The molecule has 112 valence electrons. The predicted molar refractivity (Wildman–Crippen MR) is 74.8 cm³/mol. The maximum absolute atomic E-state index is 13.6. The summed E-state index contributed by atoms with van der Waals surface area (Å²) in [6.45, 7) is 5.38. The first-order valence-electron chi connectivity index (χ1n) is 7.29. The van der Waals surface area contributed by atoms with E-state index in [1.54, 1.807) is 12.1 Å². The van der Waals surface area contributed by atoms with Crippen molar-refractivity contribution in [3.8, 4) is 0 Å². The molecule has 0 spiro atoms. The monoisotopic (exact) mass is 282 g/mol. The van der Waals surface area contributed by atoms with Crippen LogP contribution in [-0.2, 0) is 20.8 Å². The second-order valence-corrected chi connectivity index (χ2v) is 5.26. The van der Waals surface area contributed by atoms with Crippen LogP contribution in [0.3, 0.4) is 0 Å². The summed E-state index contributed by atoms with van der Waals surface area (Å²) in [6, 6.07) is 6.67. The summed E-state index contributed by atoms with van der Waals surface area (Å²) in [5.74, 6) is -0.236. The number of rotatable bonds is 6. The van der Waals surface area contributed by atoms with E-state index in [0.29, 0.717) is 18.8 Å². The van der Waals surface area contributed by atoms with Crippen LogP contribution in [-0.4, -0.2) is 25.1 Å². The summed E-state index contributed by atoms with van der Waals surface area (Å²) in [4.78, 5) is 0. The van der Waals surface area contributed by atoms with E-state index in [4.69, 9.17) is 14.2 Å². The first-order chi connectivity index (χ1) is 9.69. The number of hydrogen-bond acceptors (Lipinski definition) is 3. The lowest BCUT2D eigenvalue weighted by Gasteiger charge is -2.39. The van der Waals surface area contributed by atoms with E-state index in [1.165, 1.54) is 6.07 Å². The normalized spacial score (nSPS) is 26.6. The van der Waals surface area contributed by atoms with E-state index >= 15 is 0 Å². The molecule has 1 aliphatic heterocycles. The van der Waals surface area contributed by atoms with Crippen LogP contribution in [0.1, 0.15) is 38.7 Å². The van der Waals surface area contributed by atoms with Gasteiger partial charge >= 0.3 is 0 Å². The van der Waals surface area contributed by atoms with Gasteiger partial charge in [0.25, 0.3) is 0 Å². The van der Waals surface area contributed by atoms with E-state index < -0.39 is 5.60 Å². The van der Waals surface area contributed by atoms with Crippen molar-refractivity contribution in [1.82, 2.24) is 0 Å². The van der Waals surface area contributed by atoms with Crippen LogP contribution < -0.4 is 0 Å². The van der Waals surface area contributed by atoms with Gasteiger partial charge in [0.05, 0.1) is 19.8 Å². The molecule has 1 aromatic rings. The van der Waals surface area contributed by atoms with Crippen molar-refractivity contribution < 1.29 is 18.6 Å². The fourth-order valence-electron chi connectivity index (χ4n) is 2.22. The highest BCUT2D eigenvalue weighted by atomic mass is 19.1. The van der Waals surface area contributed by atoms with Crippen LogP contribution in [0.25, 0.3) is 0 Å². The molecule has 1 saturated heterocycles. The fourth-order valence-corrected chi connectivity index (χ4v) is 2.22. The van der Waals surface area contributed by atoms with Gasteiger partial charge in [-0.05, 0) is 18.9 Å². The predicted octanol–water partition coefficient (Wildman–Crippen LogP) is 3.66. The van der Waals surface area contributed by atoms with Crippen molar-refractivity contribution in [2.24, 2.45) is 0 Å². The van der Waals surface area contributed by atoms with E-state index in [0.717, 1.165) is 19.3 Å². The molecule has 0 aliphatic carbocycles. The Balaban J connectivity index is 1.91. The van der Waals surface area contributed by atoms with Crippen molar-refractivity contribution >= 4 is 0 Å². The summed E-state index contributed by atoms with van der Waals surface area (Å²) in [5, 5.41) is 0. The van der Waals surface area contributed by atoms with Gasteiger partial charge < -0.3 is 14.2 Å². The van der Waals surface area contributed by atoms with E-state index in [-0.39, 0.29) is 18.7 Å². The molecule has 1 aliphatic rings. The standard InChI is InChI=1S/C16H23FO3/c1-3-7-15-18-11-16(4-2,12-19-15)20-10-13-8-5-6-9-14(13)17/h5-6,8-9,15H,3-4,7,10-12H2,1-2H3/t15-,16+. The topological polar surface area (TPSA) is 27.7 Å². The lowest BCUT2D eigenvalue weighted by Crippen LogP contribution is -2.49. The van der Waals surface area contributed by atoms with Crippen LogP contribution in [0, 0.1) is 5.82 Å². The van der Waals surface area contributed by atoms with Crippen LogP contribution in [0.4, 0.5) is 4.39 Å². The molecule has 1 fully saturated rings. The molecule has 0 atom stereocenters. The molecule has 0 saturated carbocycles. The Morgan fingerprint density at radius 1 is 1.25 bits per heavy atom. The zero-order valence-corrected chi connectivity index (χ0v) is 12.2. The Labute approximate surface area is 120 Å². The van der Waals surface area contributed by atoms with Crippen molar-refractivity contribution in [1.29, 1.82) is 0 Å². The molecule has 0 unspecified atom stereocenters. The summed E-state index contributed by atoms with van der Waals surface area (Å²) in [6.07, 6.45) is 2.57. The molecule has 0 radical (unpaired) electrons. The molecule has 3 nitrogen and oxygen atoms in total. The summed E-state index contributed by atoms with van der Waals surface area (Å²) >= 11 is 0. The highest BCUT2D eigenvalue weighted by molar-refractivity contribution is 5.16. The van der Waals surface area contributed by atoms with E-state index in [9.17, 15) is 4.39 Å². The molecule has 20 heavy (non-hydrogen) atoms. The molecule has 0 amide bonds. The minimum absolute atomic E-state index is 0.128. The van der Waals surface area contributed by atoms with Gasteiger partial charge in [-0.25, -0.2) is 4.39 Å². The summed E-state index contributed by atoms with van der Waals surface area (Å²) < 4.78 is 30.9. The molecule has 0 aromatic heterocycles. The smallest absolute Gasteiger partial charge is 0.157 e. The van der Waals surface area contributed by atoms with Crippen molar-refractivity contribution in [2.45, 2.75) is 51.6 Å². The largest absolute Gasteiger partial charge is 0.365 e. The Morgan fingerprint density at radius 2 is 1.95 bits per heavy atom. The first-order valence-corrected chi connectivity index (χ1v) is 7.29. The number of halogens is 1. The van der Waals surface area contributed by atoms with Gasteiger partial charge in [0.1, 0.15) is 11.4 Å². The maximum atomic E-state index is 13.6. The fraction of sp³-hybridized carbons (Fsp3) is 0.625. The van der Waals surface area contributed by atoms with Crippen LogP contribution in [0.15, 0.2) is 24.3 Å². The van der Waals surface area contributed by atoms with Crippen LogP contribution >= 0.6 is 0 Å². The molecule has 1 aromatic carbocycles. The summed E-state index contributed by atoms with van der Waals surface area (Å²) in [7, 11) is 0. The van der Waals surface area contributed by atoms with Crippen molar-refractivity contribution in [2.75, 3.05) is 13.2 Å². The zero-order valence-electron chi connectivity index (χ0n) is 12.2. The van der Waals surface area contributed by atoms with Gasteiger partial charge in [-0.2, -0.15) is 0 Å². The SMILES string of the molecule is CCC[C@H]1OC[C@@](CC)(OCc2ccccc2F)CO1. The molecule has 4 heteroatoms. The third-order valence-corrected chi connectivity index (χ3v) is 3.72. The Bertz CT molecular complexity index is 414. The zero-order chi connectivity index (χ0) is 14.4. The van der Waals surface area contributed by atoms with Crippen molar-refractivity contribution in [3.05, 3.63) is 35.6 Å². The lowest BCUT2D eigenvalue weighted by molar-refractivity contribution is -0.270. The highest BCUT2D eigenvalue weighted by Gasteiger charge is 2.36. The highest BCUT2D eigenvalue weighted by Crippen LogP contribution is 2.26. The quantitative estimate of drug-likeness (QED) is 0.797. The molecule has 1 heterocycles. The molecule has 2 rings (SSSR count). The second kappa shape index (κ2) is 7.16. The summed E-state index contributed by atoms with van der Waals surface area (Å²) in [5.41, 5.74) is 0.1000. The van der Waals surface area contributed by atoms with Gasteiger partial charge in [0.15, 0.2) is 6.29 Å². The molecule has 0 bridgehead atoms. The first kappa shape index (κ1) is 15.4. The van der Waals surface area contributed by atoms with Gasteiger partial charge in [0, 0.05) is 5.56 Å². The second-order valence-electron chi connectivity index (χ2n) is 5.26. The Morgan fingerprint density at radius 3 is 2.55 bits per heavy atom. The van der Waals surface area contributed by atoms with E-state index in [2.05, 4.69) is 6.92 Å². The maximum Gasteiger partial charge on any atom is 0.157 e. The molecular weight excluding hydrogens is 259 g/mol. The average Bonchev–Trinajstić information content (AvgIpc) is 2.49. The van der Waals surface area contributed by atoms with Crippen LogP contribution in [0.5, 0.6) is 0 Å². The van der Waals surface area contributed by atoms with Crippen molar-refractivity contribution in [3.63, 3.8) is 0 Å². The van der Waals surface area contributed by atoms with Gasteiger partial charge in [0.2, 0.25) is 0 Å². The number of ether oxygens (including phenoxy) is 3. The minimum atomic E-state index is -0.466. The Hall–Kier alpha value is -0.970. The third kappa shape index (κ3) is 3.78. The minimum Gasteiger partial charge on any atom is -0.365 e. The van der Waals surface area contributed by atoms with E-state index in [1.807, 2.05) is 13.0 Å². The van der Waals surface area contributed by atoms with Crippen LogP contribution in [0.2, 0.25) is 0 Å². The average molecular weight is 282 g/mol. The van der Waals surface area contributed by atoms with Gasteiger partial charge in [-0.3, -0.25) is 0 Å². The molecular formula is C16H23FO3. The third-order valence-electron chi connectivity index (χ3n) is 3.72. The number of benzene rings is 1. The van der Waals surface area contributed by atoms with Gasteiger partial charge in [-0.1, -0.05) is 38.5 Å². The van der Waals surface area contributed by atoms with Gasteiger partial charge in [-0.15, -0.1) is 0 Å². The lowest BCUT2D eigenvalue weighted by atomic mass is 10.0.